The number of nitrogens with zero attached hydrogens (tertiary/aromatic N) is 1. The van der Waals surface area contributed by atoms with Crippen LogP contribution in [0.2, 0.25) is 0 Å². The molecule has 2 unspecified atom stereocenters. The van der Waals surface area contributed by atoms with Crippen LogP contribution in [0.15, 0.2) is 65.7 Å². The molecule has 0 aliphatic heterocycles. The van der Waals surface area contributed by atoms with Crippen LogP contribution in [-0.4, -0.2) is 50.4 Å². The molecule has 0 amide bonds. The topological polar surface area (TPSA) is 83.4 Å². The third-order valence-corrected chi connectivity index (χ3v) is 10.8. The van der Waals surface area contributed by atoms with Crippen molar-refractivity contribution in [1.29, 1.82) is 0 Å². The van der Waals surface area contributed by atoms with Crippen molar-refractivity contribution in [3.63, 3.8) is 0 Å². The lowest BCUT2D eigenvalue weighted by Gasteiger charge is -2.29. The third kappa shape index (κ3) is 8.29. The highest BCUT2D eigenvalue weighted by molar-refractivity contribution is 7.76. The molecule has 182 valence electrons. The van der Waals surface area contributed by atoms with Crippen LogP contribution >= 0.6 is 14.7 Å². The summed E-state index contributed by atoms with van der Waals surface area (Å²) in [5, 5.41) is 0. The molecule has 0 bridgehead atoms. The van der Waals surface area contributed by atoms with E-state index < -0.39 is 20.8 Å². The van der Waals surface area contributed by atoms with Gasteiger partial charge in [-0.2, -0.15) is 0 Å². The van der Waals surface area contributed by atoms with Gasteiger partial charge in [-0.05, 0) is 27.7 Å². The minimum atomic E-state index is -3.62. The second-order valence-corrected chi connectivity index (χ2v) is 12.5. The summed E-state index contributed by atoms with van der Waals surface area (Å²) < 4.78 is 50.1. The van der Waals surface area contributed by atoms with Crippen molar-refractivity contribution >= 4 is 20.4 Å². The van der Waals surface area contributed by atoms with Crippen molar-refractivity contribution in [3.05, 3.63) is 71.8 Å². The highest BCUT2D eigenvalue weighted by atomic mass is 31.2. The summed E-state index contributed by atoms with van der Waals surface area (Å²) in [5.41, 5.74) is 2.47. The number of benzene rings is 2. The summed E-state index contributed by atoms with van der Waals surface area (Å²) in [7, 11) is -7.12. The fourth-order valence-corrected chi connectivity index (χ4v) is 9.50. The Labute approximate surface area is 197 Å². The van der Waals surface area contributed by atoms with E-state index in [1.165, 1.54) is 0 Å². The summed E-state index contributed by atoms with van der Waals surface area (Å²) >= 11 is 0. The fourth-order valence-electron chi connectivity index (χ4n) is 3.33. The van der Waals surface area contributed by atoms with Gasteiger partial charge in [-0.1, -0.05) is 60.7 Å². The molecule has 0 saturated heterocycles. The molecule has 0 aliphatic rings. The minimum absolute atomic E-state index is 0.137. The maximum atomic E-state index is 13.9. The first-order chi connectivity index (χ1) is 15.9. The molecule has 0 saturated carbocycles. The monoisotopic (exact) mass is 495 g/mol. The highest BCUT2D eigenvalue weighted by Crippen LogP contribution is 2.65. The quantitative estimate of drug-likeness (QED) is 0.161. The van der Waals surface area contributed by atoms with Crippen molar-refractivity contribution in [2.45, 2.75) is 33.7 Å². The molecule has 2 aromatic carbocycles. The van der Waals surface area contributed by atoms with Crippen LogP contribution in [0.5, 0.6) is 0 Å². The van der Waals surface area contributed by atoms with Crippen LogP contribution in [0, 0.1) is 0 Å². The smallest absolute Gasteiger partial charge is 0.267 e. The Kier molecular flexibility index (Phi) is 11.7. The second-order valence-electron chi connectivity index (χ2n) is 7.12. The molecule has 0 heterocycles. The van der Waals surface area contributed by atoms with E-state index in [4.69, 9.17) is 23.5 Å². The molecule has 0 N–H and O–H groups in total. The van der Waals surface area contributed by atoms with Gasteiger partial charge in [-0.25, -0.2) is 0 Å². The minimum Gasteiger partial charge on any atom is -0.345 e. The lowest BCUT2D eigenvalue weighted by molar-refractivity contribution is -0.0885. The Hall–Kier alpha value is -1.59. The van der Waals surface area contributed by atoms with Crippen LogP contribution in [0.25, 0.3) is 0 Å². The van der Waals surface area contributed by atoms with Crippen LogP contribution < -0.4 is 0 Å². The van der Waals surface area contributed by atoms with E-state index in [1.807, 2.05) is 60.7 Å². The molecule has 0 aromatic heterocycles. The molecule has 33 heavy (non-hydrogen) atoms. The molecule has 2 rings (SSSR count). The van der Waals surface area contributed by atoms with E-state index in [0.29, 0.717) is 5.71 Å². The van der Waals surface area contributed by atoms with E-state index in [0.717, 1.165) is 11.1 Å². The van der Waals surface area contributed by atoms with E-state index in [-0.39, 0.29) is 38.6 Å². The Morgan fingerprint density at radius 1 is 0.758 bits per heavy atom. The van der Waals surface area contributed by atoms with Crippen LogP contribution in [0.4, 0.5) is 0 Å². The Morgan fingerprint density at radius 2 is 1.24 bits per heavy atom. The summed E-state index contributed by atoms with van der Waals surface area (Å²) in [5.74, 6) is -0.313. The first kappa shape index (κ1) is 27.7. The van der Waals surface area contributed by atoms with Crippen LogP contribution in [0.3, 0.4) is 0 Å². The van der Waals surface area contributed by atoms with Gasteiger partial charge in [-0.15, -0.1) is 0 Å². The first-order valence-electron chi connectivity index (χ1n) is 11.3. The van der Waals surface area contributed by atoms with Crippen molar-refractivity contribution in [1.82, 2.24) is 0 Å². The zero-order valence-electron chi connectivity index (χ0n) is 19.9. The average molecular weight is 495 g/mol. The van der Waals surface area contributed by atoms with E-state index >= 15 is 0 Å². The van der Waals surface area contributed by atoms with E-state index in [9.17, 15) is 9.13 Å². The molecular weight excluding hydrogens is 460 g/mol. The zero-order valence-corrected chi connectivity index (χ0v) is 21.7. The summed E-state index contributed by atoms with van der Waals surface area (Å²) in [6.07, 6.45) is -0.137. The molecule has 2 aromatic rings. The molecular formula is C24H35NO6P2. The molecule has 0 aliphatic carbocycles. The lowest BCUT2D eigenvalue weighted by atomic mass is 10.0. The third-order valence-electron chi connectivity index (χ3n) is 4.60. The number of rotatable bonds is 15. The molecule has 0 radical (unpaired) electrons. The first-order valence-corrected chi connectivity index (χ1v) is 15.1. The summed E-state index contributed by atoms with van der Waals surface area (Å²) in [6.45, 7) is 7.97. The summed E-state index contributed by atoms with van der Waals surface area (Å²) in [6, 6.07) is 18.2. The SMILES string of the molecule is CCOC(OCC)P(=O)(CP(=O)(CN=C(c1ccccc1)c1ccccc1)OCC)OCC. The fraction of sp³-hybridized carbons (Fsp3) is 0.458. The van der Waals surface area contributed by atoms with Gasteiger partial charge in [0.05, 0.1) is 18.9 Å². The Balaban J connectivity index is 2.43. The predicted octanol–water partition coefficient (Wildman–Crippen LogP) is 6.42. The van der Waals surface area contributed by atoms with E-state index in [1.54, 1.807) is 27.7 Å². The van der Waals surface area contributed by atoms with Crippen molar-refractivity contribution in [2.24, 2.45) is 4.99 Å². The number of hydrogen-bond acceptors (Lipinski definition) is 7. The molecule has 0 spiro atoms. The van der Waals surface area contributed by atoms with Gasteiger partial charge in [0.2, 0.25) is 13.4 Å². The molecule has 0 fully saturated rings. The maximum Gasteiger partial charge on any atom is 0.267 e. The van der Waals surface area contributed by atoms with Gasteiger partial charge < -0.3 is 18.5 Å². The van der Waals surface area contributed by atoms with Crippen LogP contribution in [-0.2, 0) is 27.7 Å². The summed E-state index contributed by atoms with van der Waals surface area (Å²) in [4.78, 5) is 4.72. The second kappa shape index (κ2) is 14.0. The number of aliphatic imine (C=N–C) groups is 1. The van der Waals surface area contributed by atoms with Gasteiger partial charge in [-0.3, -0.25) is 14.1 Å². The van der Waals surface area contributed by atoms with Gasteiger partial charge in [0.1, 0.15) is 12.2 Å². The Morgan fingerprint density at radius 3 is 1.67 bits per heavy atom. The van der Waals surface area contributed by atoms with Crippen molar-refractivity contribution in [3.8, 4) is 0 Å². The lowest BCUT2D eigenvalue weighted by Crippen LogP contribution is -2.22. The standard InChI is InChI=1S/C24H35NO6P2/c1-5-28-24(29-6-2)33(27,31-8-4)20-32(26,30-7-3)19-25-23(21-15-11-9-12-16-21)22-17-13-10-14-18-22/h9-18,24H,5-8,19-20H2,1-4H3. The molecule has 2 atom stereocenters. The number of ether oxygens (including phenoxy) is 2. The van der Waals surface area contributed by atoms with E-state index in [2.05, 4.69) is 0 Å². The van der Waals surface area contributed by atoms with Crippen molar-refractivity contribution in [2.75, 3.05) is 38.6 Å². The van der Waals surface area contributed by atoms with Gasteiger partial charge >= 0.3 is 0 Å². The highest BCUT2D eigenvalue weighted by Gasteiger charge is 2.43. The molecule has 9 heteroatoms. The number of hydrogen-bond donors (Lipinski definition) is 0. The average Bonchev–Trinajstić information content (AvgIpc) is 2.81. The zero-order chi connectivity index (χ0) is 24.2. The van der Waals surface area contributed by atoms with Gasteiger partial charge in [0.15, 0.2) is 0 Å². The maximum absolute atomic E-state index is 13.9. The predicted molar refractivity (Wildman–Crippen MR) is 134 cm³/mol. The normalized spacial score (nSPS) is 15.1. The van der Waals surface area contributed by atoms with Crippen LogP contribution in [0.1, 0.15) is 38.8 Å². The largest absolute Gasteiger partial charge is 0.345 e. The molecule has 7 nitrogen and oxygen atoms in total. The van der Waals surface area contributed by atoms with Crippen molar-refractivity contribution < 1.29 is 27.7 Å². The Bertz CT molecular complexity index is 904. The van der Waals surface area contributed by atoms with Gasteiger partial charge in [0.25, 0.3) is 7.37 Å². The van der Waals surface area contributed by atoms with Gasteiger partial charge in [0, 0.05) is 24.3 Å².